The average molecular weight is 164 g/mol. The fourth-order valence-electron chi connectivity index (χ4n) is 2.06. The van der Waals surface area contributed by atoms with Gasteiger partial charge in [0.05, 0.1) is 0 Å². The summed E-state index contributed by atoms with van der Waals surface area (Å²) in [5.41, 5.74) is 2.60. The fraction of sp³-hybridized carbons (Fsp3) is 0.727. The van der Waals surface area contributed by atoms with Crippen LogP contribution in [0.15, 0.2) is 11.1 Å². The van der Waals surface area contributed by atoms with Gasteiger partial charge in [-0.3, -0.25) is 4.79 Å². The molecule has 2 saturated carbocycles. The third-order valence-electron chi connectivity index (χ3n) is 3.08. The number of carbonyl (C=O) groups is 1. The van der Waals surface area contributed by atoms with Crippen molar-refractivity contribution in [2.45, 2.75) is 45.4 Å². The van der Waals surface area contributed by atoms with Crippen molar-refractivity contribution in [1.29, 1.82) is 0 Å². The van der Waals surface area contributed by atoms with Crippen molar-refractivity contribution in [3.8, 4) is 0 Å². The van der Waals surface area contributed by atoms with Gasteiger partial charge in [-0.1, -0.05) is 5.57 Å². The van der Waals surface area contributed by atoms with Crippen LogP contribution in [-0.4, -0.2) is 5.78 Å². The SMILES string of the molecule is CC(=C1CCCCC1=O)C1CC1. The predicted molar refractivity (Wildman–Crippen MR) is 48.9 cm³/mol. The Morgan fingerprint density at radius 2 is 1.92 bits per heavy atom. The van der Waals surface area contributed by atoms with E-state index < -0.39 is 0 Å². The molecular formula is C11H16O. The van der Waals surface area contributed by atoms with Crippen LogP contribution >= 0.6 is 0 Å². The third-order valence-corrected chi connectivity index (χ3v) is 3.08. The fourth-order valence-corrected chi connectivity index (χ4v) is 2.06. The Morgan fingerprint density at radius 1 is 1.25 bits per heavy atom. The Labute approximate surface area is 73.8 Å². The van der Waals surface area contributed by atoms with E-state index in [1.807, 2.05) is 0 Å². The maximum atomic E-state index is 11.5. The Morgan fingerprint density at radius 3 is 2.50 bits per heavy atom. The molecule has 0 spiro atoms. The van der Waals surface area contributed by atoms with Crippen LogP contribution in [0.25, 0.3) is 0 Å². The monoisotopic (exact) mass is 164 g/mol. The molecule has 0 unspecified atom stereocenters. The van der Waals surface area contributed by atoms with Gasteiger partial charge in [0.15, 0.2) is 5.78 Å². The minimum Gasteiger partial charge on any atom is -0.295 e. The van der Waals surface area contributed by atoms with E-state index >= 15 is 0 Å². The second-order valence-corrected chi connectivity index (χ2v) is 4.07. The molecule has 0 aromatic heterocycles. The Bertz CT molecular complexity index is 233. The molecule has 1 nitrogen and oxygen atoms in total. The molecule has 0 aliphatic heterocycles. The van der Waals surface area contributed by atoms with Gasteiger partial charge in [-0.05, 0) is 50.5 Å². The minimum absolute atomic E-state index is 0.436. The predicted octanol–water partition coefficient (Wildman–Crippen LogP) is 2.86. The average Bonchev–Trinajstić information content (AvgIpc) is 2.86. The second-order valence-electron chi connectivity index (χ2n) is 4.07. The first-order valence-corrected chi connectivity index (χ1v) is 5.02. The summed E-state index contributed by atoms with van der Waals surface area (Å²) in [5, 5.41) is 0. The van der Waals surface area contributed by atoms with Crippen LogP contribution in [-0.2, 0) is 4.79 Å². The maximum absolute atomic E-state index is 11.5. The van der Waals surface area contributed by atoms with E-state index in [1.54, 1.807) is 0 Å². The molecule has 0 aromatic rings. The summed E-state index contributed by atoms with van der Waals surface area (Å²) in [6, 6.07) is 0. The highest BCUT2D eigenvalue weighted by Crippen LogP contribution is 2.39. The van der Waals surface area contributed by atoms with Crippen molar-refractivity contribution < 1.29 is 4.79 Å². The van der Waals surface area contributed by atoms with Crippen molar-refractivity contribution in [1.82, 2.24) is 0 Å². The molecule has 0 aromatic carbocycles. The van der Waals surface area contributed by atoms with Gasteiger partial charge in [0, 0.05) is 6.42 Å². The molecule has 0 heterocycles. The van der Waals surface area contributed by atoms with Crippen LogP contribution in [0.5, 0.6) is 0 Å². The molecule has 0 atom stereocenters. The molecule has 2 aliphatic carbocycles. The van der Waals surface area contributed by atoms with E-state index in [-0.39, 0.29) is 0 Å². The molecule has 0 bridgehead atoms. The highest BCUT2D eigenvalue weighted by molar-refractivity contribution is 5.96. The number of Topliss-reactive ketones (excluding diaryl/α,β-unsaturated/α-hetero) is 1. The summed E-state index contributed by atoms with van der Waals surface area (Å²) in [6.45, 7) is 2.16. The van der Waals surface area contributed by atoms with Gasteiger partial charge in [-0.25, -0.2) is 0 Å². The molecule has 0 radical (unpaired) electrons. The first kappa shape index (κ1) is 8.03. The molecule has 1 heteroatoms. The summed E-state index contributed by atoms with van der Waals surface area (Å²) < 4.78 is 0. The number of hydrogen-bond acceptors (Lipinski definition) is 1. The van der Waals surface area contributed by atoms with Gasteiger partial charge >= 0.3 is 0 Å². The molecule has 0 saturated heterocycles. The van der Waals surface area contributed by atoms with E-state index in [1.165, 1.54) is 30.4 Å². The lowest BCUT2D eigenvalue weighted by molar-refractivity contribution is -0.116. The van der Waals surface area contributed by atoms with E-state index in [4.69, 9.17) is 0 Å². The highest BCUT2D eigenvalue weighted by atomic mass is 16.1. The van der Waals surface area contributed by atoms with E-state index in [2.05, 4.69) is 6.92 Å². The molecular weight excluding hydrogens is 148 g/mol. The first-order valence-electron chi connectivity index (χ1n) is 5.02. The molecule has 0 N–H and O–H groups in total. The molecule has 2 rings (SSSR count). The number of rotatable bonds is 1. The van der Waals surface area contributed by atoms with Gasteiger partial charge in [-0.15, -0.1) is 0 Å². The Kier molecular flexibility index (Phi) is 2.03. The summed E-state index contributed by atoms with van der Waals surface area (Å²) >= 11 is 0. The van der Waals surface area contributed by atoms with Gasteiger partial charge < -0.3 is 0 Å². The van der Waals surface area contributed by atoms with Crippen molar-refractivity contribution in [3.63, 3.8) is 0 Å². The zero-order valence-electron chi connectivity index (χ0n) is 7.73. The zero-order valence-corrected chi connectivity index (χ0v) is 7.73. The standard InChI is InChI=1S/C11H16O/c1-8(9-6-7-9)10-4-2-3-5-11(10)12/h9H,2-7H2,1H3. The largest absolute Gasteiger partial charge is 0.295 e. The molecule has 66 valence electrons. The van der Waals surface area contributed by atoms with Crippen molar-refractivity contribution in [3.05, 3.63) is 11.1 Å². The quantitative estimate of drug-likeness (QED) is 0.545. The molecule has 2 aliphatic rings. The second kappa shape index (κ2) is 3.04. The number of carbonyl (C=O) groups excluding carboxylic acids is 1. The normalized spacial score (nSPS) is 28.9. The van der Waals surface area contributed by atoms with Gasteiger partial charge in [0.2, 0.25) is 0 Å². The van der Waals surface area contributed by atoms with Crippen LogP contribution in [0.3, 0.4) is 0 Å². The van der Waals surface area contributed by atoms with Crippen LogP contribution in [0, 0.1) is 5.92 Å². The van der Waals surface area contributed by atoms with Crippen LogP contribution < -0.4 is 0 Å². The number of ketones is 1. The minimum atomic E-state index is 0.436. The lowest BCUT2D eigenvalue weighted by Gasteiger charge is -2.15. The summed E-state index contributed by atoms with van der Waals surface area (Å²) in [6.07, 6.45) is 6.84. The molecule has 12 heavy (non-hydrogen) atoms. The van der Waals surface area contributed by atoms with Gasteiger partial charge in [0.25, 0.3) is 0 Å². The lowest BCUT2D eigenvalue weighted by Crippen LogP contribution is -2.10. The van der Waals surface area contributed by atoms with Crippen LogP contribution in [0.4, 0.5) is 0 Å². The van der Waals surface area contributed by atoms with Crippen LogP contribution in [0.1, 0.15) is 45.4 Å². The summed E-state index contributed by atoms with van der Waals surface area (Å²) in [7, 11) is 0. The number of allylic oxidation sites excluding steroid dienone is 2. The smallest absolute Gasteiger partial charge is 0.158 e. The summed E-state index contributed by atoms with van der Waals surface area (Å²) in [4.78, 5) is 11.5. The Hall–Kier alpha value is -0.590. The van der Waals surface area contributed by atoms with Gasteiger partial charge in [0.1, 0.15) is 0 Å². The highest BCUT2D eigenvalue weighted by Gasteiger charge is 2.28. The van der Waals surface area contributed by atoms with Crippen LogP contribution in [0.2, 0.25) is 0 Å². The molecule has 2 fully saturated rings. The first-order chi connectivity index (χ1) is 5.79. The van der Waals surface area contributed by atoms with Crippen molar-refractivity contribution in [2.24, 2.45) is 5.92 Å². The van der Waals surface area contributed by atoms with E-state index in [0.717, 1.165) is 25.2 Å². The third kappa shape index (κ3) is 1.45. The van der Waals surface area contributed by atoms with E-state index in [9.17, 15) is 4.79 Å². The molecule has 0 amide bonds. The van der Waals surface area contributed by atoms with Crippen molar-refractivity contribution >= 4 is 5.78 Å². The summed E-state index contributed by atoms with van der Waals surface area (Å²) in [5.74, 6) is 1.22. The number of hydrogen-bond donors (Lipinski definition) is 0. The topological polar surface area (TPSA) is 17.1 Å². The van der Waals surface area contributed by atoms with Crippen molar-refractivity contribution in [2.75, 3.05) is 0 Å². The Balaban J connectivity index is 2.17. The maximum Gasteiger partial charge on any atom is 0.158 e. The lowest BCUT2D eigenvalue weighted by atomic mass is 9.89. The van der Waals surface area contributed by atoms with E-state index in [0.29, 0.717) is 5.78 Å². The zero-order chi connectivity index (χ0) is 8.55. The van der Waals surface area contributed by atoms with Gasteiger partial charge in [-0.2, -0.15) is 0 Å².